The SMILES string of the molecule is CC1=CC2(O)C=CC(C)(O)C(O)C(O)C=CC(=O)OC23C(=O)NC(CC(C)C)C3C1C. The zero-order valence-electron chi connectivity index (χ0n) is 18.6. The van der Waals surface area contributed by atoms with E-state index in [1.165, 1.54) is 19.1 Å². The van der Waals surface area contributed by atoms with Gasteiger partial charge in [-0.3, -0.25) is 4.79 Å². The Labute approximate surface area is 182 Å². The maximum atomic E-state index is 13.4. The standard InChI is InChI=1S/C23H33NO7/c1-12(2)10-15-18-14(4)13(3)11-22(30)9-8-21(5,29)19(27)16(25)6-7-17(26)31-23(18,22)20(28)24-15/h6-9,11-12,14-16,18-19,25,27,29-30H,10H2,1-5H3,(H,24,28). The van der Waals surface area contributed by atoms with Crippen LogP contribution in [0.5, 0.6) is 0 Å². The summed E-state index contributed by atoms with van der Waals surface area (Å²) >= 11 is 0. The van der Waals surface area contributed by atoms with Crippen molar-refractivity contribution in [3.05, 3.63) is 36.0 Å². The molecule has 5 N–H and O–H groups in total. The maximum Gasteiger partial charge on any atom is 0.331 e. The van der Waals surface area contributed by atoms with Gasteiger partial charge < -0.3 is 30.5 Å². The molecule has 172 valence electrons. The van der Waals surface area contributed by atoms with Gasteiger partial charge >= 0.3 is 5.97 Å². The quantitative estimate of drug-likeness (QED) is 0.312. The van der Waals surface area contributed by atoms with Crippen molar-refractivity contribution in [2.75, 3.05) is 0 Å². The molecule has 8 atom stereocenters. The lowest BCUT2D eigenvalue weighted by Crippen LogP contribution is -2.66. The molecule has 1 amide bonds. The first-order valence-electron chi connectivity index (χ1n) is 10.7. The topological polar surface area (TPSA) is 136 Å². The monoisotopic (exact) mass is 435 g/mol. The second-order valence-electron chi connectivity index (χ2n) is 9.75. The average molecular weight is 436 g/mol. The summed E-state index contributed by atoms with van der Waals surface area (Å²) in [4.78, 5) is 26.1. The van der Waals surface area contributed by atoms with Crippen LogP contribution in [0.3, 0.4) is 0 Å². The van der Waals surface area contributed by atoms with E-state index in [2.05, 4.69) is 5.32 Å². The van der Waals surface area contributed by atoms with Crippen molar-refractivity contribution in [3.63, 3.8) is 0 Å². The highest BCUT2D eigenvalue weighted by molar-refractivity contribution is 5.95. The first-order chi connectivity index (χ1) is 14.2. The Balaban J connectivity index is 2.26. The summed E-state index contributed by atoms with van der Waals surface area (Å²) in [6.07, 6.45) is 3.06. The molecule has 2 aliphatic heterocycles. The first kappa shape index (κ1) is 23.7. The van der Waals surface area contributed by atoms with E-state index in [-0.39, 0.29) is 17.9 Å². The number of carbonyl (C=O) groups excluding carboxylic acids is 2. The van der Waals surface area contributed by atoms with Gasteiger partial charge in [0.25, 0.3) is 5.91 Å². The molecule has 1 spiro atoms. The van der Waals surface area contributed by atoms with Gasteiger partial charge in [-0.05, 0) is 50.3 Å². The molecule has 0 radical (unpaired) electrons. The zero-order chi connectivity index (χ0) is 23.4. The van der Waals surface area contributed by atoms with Gasteiger partial charge in [0.15, 0.2) is 5.60 Å². The Bertz CT molecular complexity index is 845. The molecule has 2 heterocycles. The highest BCUT2D eigenvalue weighted by Crippen LogP contribution is 2.52. The molecule has 31 heavy (non-hydrogen) atoms. The molecule has 8 unspecified atom stereocenters. The number of ether oxygens (including phenoxy) is 1. The van der Waals surface area contributed by atoms with Crippen LogP contribution >= 0.6 is 0 Å². The second-order valence-corrected chi connectivity index (χ2v) is 9.75. The molecule has 8 nitrogen and oxygen atoms in total. The van der Waals surface area contributed by atoms with Crippen molar-refractivity contribution >= 4 is 11.9 Å². The number of aliphatic hydroxyl groups is 4. The minimum atomic E-state index is -2.08. The minimum Gasteiger partial charge on any atom is -0.441 e. The Morgan fingerprint density at radius 1 is 1.19 bits per heavy atom. The van der Waals surface area contributed by atoms with E-state index in [0.717, 1.165) is 23.8 Å². The smallest absolute Gasteiger partial charge is 0.331 e. The highest BCUT2D eigenvalue weighted by atomic mass is 16.6. The zero-order valence-corrected chi connectivity index (χ0v) is 18.6. The lowest BCUT2D eigenvalue weighted by molar-refractivity contribution is -0.192. The van der Waals surface area contributed by atoms with Crippen LogP contribution in [-0.4, -0.2) is 67.4 Å². The third-order valence-electron chi connectivity index (χ3n) is 6.87. The summed E-state index contributed by atoms with van der Waals surface area (Å²) in [5.74, 6) is -2.07. The van der Waals surface area contributed by atoms with Crippen molar-refractivity contribution in [3.8, 4) is 0 Å². The number of allylic oxidation sites excluding steroid dienone is 1. The van der Waals surface area contributed by atoms with Crippen LogP contribution in [-0.2, 0) is 14.3 Å². The maximum absolute atomic E-state index is 13.4. The summed E-state index contributed by atoms with van der Waals surface area (Å²) in [6, 6.07) is -0.343. The fourth-order valence-electron chi connectivity index (χ4n) is 5.12. The minimum absolute atomic E-state index is 0.185. The van der Waals surface area contributed by atoms with Crippen LogP contribution < -0.4 is 5.32 Å². The van der Waals surface area contributed by atoms with E-state index in [0.29, 0.717) is 6.42 Å². The molecule has 8 heteroatoms. The lowest BCUT2D eigenvalue weighted by atomic mass is 9.61. The third kappa shape index (κ3) is 3.75. The van der Waals surface area contributed by atoms with E-state index in [4.69, 9.17) is 4.74 Å². The van der Waals surface area contributed by atoms with Crippen molar-refractivity contribution in [1.29, 1.82) is 0 Å². The summed E-state index contributed by atoms with van der Waals surface area (Å²) in [5, 5.41) is 45.9. The van der Waals surface area contributed by atoms with Crippen molar-refractivity contribution in [2.24, 2.45) is 17.8 Å². The van der Waals surface area contributed by atoms with Gasteiger partial charge in [0.1, 0.15) is 17.8 Å². The molecule has 1 aliphatic carbocycles. The predicted molar refractivity (Wildman–Crippen MR) is 112 cm³/mol. The first-order valence-corrected chi connectivity index (χ1v) is 10.7. The van der Waals surface area contributed by atoms with E-state index >= 15 is 0 Å². The molecule has 0 aromatic carbocycles. The van der Waals surface area contributed by atoms with Crippen molar-refractivity contribution in [1.82, 2.24) is 5.32 Å². The van der Waals surface area contributed by atoms with Gasteiger partial charge in [-0.2, -0.15) is 0 Å². The van der Waals surface area contributed by atoms with Crippen LogP contribution in [0.25, 0.3) is 0 Å². The summed E-state index contributed by atoms with van der Waals surface area (Å²) in [5.41, 5.74) is -5.20. The molecule has 1 saturated heterocycles. The number of aliphatic hydroxyl groups excluding tert-OH is 2. The van der Waals surface area contributed by atoms with Gasteiger partial charge in [-0.1, -0.05) is 32.4 Å². The van der Waals surface area contributed by atoms with Gasteiger partial charge in [-0.25, -0.2) is 4.79 Å². The summed E-state index contributed by atoms with van der Waals surface area (Å²) < 4.78 is 5.74. The Morgan fingerprint density at radius 2 is 1.84 bits per heavy atom. The lowest BCUT2D eigenvalue weighted by Gasteiger charge is -2.49. The van der Waals surface area contributed by atoms with Gasteiger partial charge in [0.05, 0.1) is 0 Å². The van der Waals surface area contributed by atoms with Crippen LogP contribution in [0.2, 0.25) is 0 Å². The number of rotatable bonds is 2. The molecule has 0 bridgehead atoms. The molecular formula is C23H33NO7. The molecule has 0 aromatic rings. The normalized spacial score (nSPS) is 45.4. The number of esters is 1. The highest BCUT2D eigenvalue weighted by Gasteiger charge is 2.70. The molecule has 3 aliphatic rings. The number of carbonyl (C=O) groups is 2. The number of nitrogens with one attached hydrogen (secondary N) is 1. The Hall–Kier alpha value is -2.00. The van der Waals surface area contributed by atoms with E-state index in [1.54, 1.807) is 0 Å². The average Bonchev–Trinajstić information content (AvgIpc) is 2.93. The Morgan fingerprint density at radius 3 is 2.45 bits per heavy atom. The van der Waals surface area contributed by atoms with Crippen molar-refractivity contribution < 1.29 is 34.8 Å². The van der Waals surface area contributed by atoms with Crippen molar-refractivity contribution in [2.45, 2.75) is 76.1 Å². The van der Waals surface area contributed by atoms with Crippen LogP contribution in [0, 0.1) is 17.8 Å². The predicted octanol–water partition coefficient (Wildman–Crippen LogP) is 0.355. The van der Waals surface area contributed by atoms with Crippen LogP contribution in [0.1, 0.15) is 41.0 Å². The van der Waals surface area contributed by atoms with Crippen LogP contribution in [0.4, 0.5) is 0 Å². The molecule has 1 fully saturated rings. The van der Waals surface area contributed by atoms with Gasteiger partial charge in [0, 0.05) is 18.0 Å². The number of hydrogen-bond donors (Lipinski definition) is 5. The largest absolute Gasteiger partial charge is 0.441 e. The molecular weight excluding hydrogens is 402 g/mol. The number of hydrogen-bond acceptors (Lipinski definition) is 7. The van der Waals surface area contributed by atoms with Crippen LogP contribution in [0.15, 0.2) is 36.0 Å². The third-order valence-corrected chi connectivity index (χ3v) is 6.87. The molecule has 0 saturated carbocycles. The van der Waals surface area contributed by atoms with E-state index in [9.17, 15) is 30.0 Å². The summed E-state index contributed by atoms with van der Waals surface area (Å²) in [7, 11) is 0. The Kier molecular flexibility index (Phi) is 5.99. The summed E-state index contributed by atoms with van der Waals surface area (Å²) in [6.45, 7) is 9.06. The van der Waals surface area contributed by atoms with Gasteiger partial charge in [0.2, 0.25) is 5.60 Å². The fourth-order valence-corrected chi connectivity index (χ4v) is 5.12. The second kappa shape index (κ2) is 7.85. The molecule has 3 rings (SSSR count). The van der Waals surface area contributed by atoms with E-state index in [1.807, 2.05) is 27.7 Å². The number of amides is 1. The van der Waals surface area contributed by atoms with E-state index < -0.39 is 46.8 Å². The fraction of sp³-hybridized carbons (Fsp3) is 0.652. The molecule has 0 aromatic heterocycles. The van der Waals surface area contributed by atoms with Gasteiger partial charge in [-0.15, -0.1) is 0 Å².